The Hall–Kier alpha value is -1.29. The first kappa shape index (κ1) is 15.8. The maximum atomic E-state index is 5.52. The number of aromatic nitrogens is 1. The van der Waals surface area contributed by atoms with Crippen molar-refractivity contribution >= 4 is 11.6 Å². The van der Waals surface area contributed by atoms with Crippen molar-refractivity contribution in [2.75, 3.05) is 30.4 Å². The normalized spacial score (nSPS) is 12.5. The lowest BCUT2D eigenvalue weighted by Crippen LogP contribution is -2.31. The van der Waals surface area contributed by atoms with Crippen LogP contribution in [0.2, 0.25) is 0 Å². The average Bonchev–Trinajstić information content (AvgIpc) is 2.41. The van der Waals surface area contributed by atoms with Gasteiger partial charge in [0.2, 0.25) is 0 Å². The third kappa shape index (κ3) is 5.92. The van der Waals surface area contributed by atoms with Gasteiger partial charge in [-0.1, -0.05) is 26.8 Å². The van der Waals surface area contributed by atoms with Crippen LogP contribution in [0, 0.1) is 5.92 Å². The van der Waals surface area contributed by atoms with Gasteiger partial charge >= 0.3 is 0 Å². The van der Waals surface area contributed by atoms with E-state index in [0.717, 1.165) is 31.2 Å². The highest BCUT2D eigenvalue weighted by Crippen LogP contribution is 2.14. The molecule has 1 aromatic rings. The van der Waals surface area contributed by atoms with Gasteiger partial charge in [0, 0.05) is 13.2 Å². The van der Waals surface area contributed by atoms with Gasteiger partial charge in [0.25, 0.3) is 0 Å². The van der Waals surface area contributed by atoms with E-state index >= 15 is 0 Å². The van der Waals surface area contributed by atoms with Gasteiger partial charge in [-0.2, -0.15) is 0 Å². The molecule has 0 fully saturated rings. The molecule has 1 rings (SSSR count). The highest BCUT2D eigenvalue weighted by atomic mass is 16.5. The van der Waals surface area contributed by atoms with Gasteiger partial charge in [0.05, 0.1) is 12.6 Å². The molecule has 0 bridgehead atoms. The zero-order chi connectivity index (χ0) is 14.1. The Kier molecular flexibility index (Phi) is 7.26. The molecule has 0 aliphatic carbocycles. The van der Waals surface area contributed by atoms with Gasteiger partial charge in [0.15, 0.2) is 0 Å². The van der Waals surface area contributed by atoms with Crippen molar-refractivity contribution in [2.24, 2.45) is 5.92 Å². The molecule has 19 heavy (non-hydrogen) atoms. The maximum absolute atomic E-state index is 5.52. The number of rotatable bonds is 9. The van der Waals surface area contributed by atoms with Gasteiger partial charge in [-0.3, -0.25) is 0 Å². The zero-order valence-electron chi connectivity index (χ0n) is 12.6. The fraction of sp³-hybridized carbons (Fsp3) is 0.667. The van der Waals surface area contributed by atoms with Gasteiger partial charge in [-0.15, -0.1) is 0 Å². The third-order valence-corrected chi connectivity index (χ3v) is 2.94. The van der Waals surface area contributed by atoms with Crippen LogP contribution in [0.3, 0.4) is 0 Å². The standard InChI is InChI=1S/C15H27N3O/c1-5-10-16-14-8-7-9-15(18-14)17-13(12(3)4)11-19-6-2/h7-9,12-13H,5-6,10-11H2,1-4H3,(H2,16,17,18). The van der Waals surface area contributed by atoms with Crippen molar-refractivity contribution < 1.29 is 4.74 Å². The summed E-state index contributed by atoms with van der Waals surface area (Å²) >= 11 is 0. The van der Waals surface area contributed by atoms with Crippen LogP contribution in [0.25, 0.3) is 0 Å². The van der Waals surface area contributed by atoms with Crippen LogP contribution in [0.15, 0.2) is 18.2 Å². The van der Waals surface area contributed by atoms with Crippen LogP contribution >= 0.6 is 0 Å². The van der Waals surface area contributed by atoms with E-state index in [9.17, 15) is 0 Å². The molecule has 0 saturated heterocycles. The second-order valence-corrected chi connectivity index (χ2v) is 4.99. The number of pyridine rings is 1. The third-order valence-electron chi connectivity index (χ3n) is 2.94. The molecule has 4 nitrogen and oxygen atoms in total. The minimum absolute atomic E-state index is 0.286. The monoisotopic (exact) mass is 265 g/mol. The summed E-state index contributed by atoms with van der Waals surface area (Å²) in [5.41, 5.74) is 0. The van der Waals surface area contributed by atoms with Crippen LogP contribution in [0.4, 0.5) is 11.6 Å². The summed E-state index contributed by atoms with van der Waals surface area (Å²) in [7, 11) is 0. The largest absolute Gasteiger partial charge is 0.380 e. The van der Waals surface area contributed by atoms with E-state index in [1.807, 2.05) is 25.1 Å². The van der Waals surface area contributed by atoms with Crippen molar-refractivity contribution in [2.45, 2.75) is 40.2 Å². The lowest BCUT2D eigenvalue weighted by molar-refractivity contribution is 0.126. The quantitative estimate of drug-likeness (QED) is 0.718. The lowest BCUT2D eigenvalue weighted by atomic mass is 10.1. The van der Waals surface area contributed by atoms with E-state index in [-0.39, 0.29) is 6.04 Å². The SMILES string of the molecule is CCCNc1cccc(NC(COCC)C(C)C)n1. The topological polar surface area (TPSA) is 46.2 Å². The molecule has 0 spiro atoms. The molecule has 1 atom stereocenters. The second kappa shape index (κ2) is 8.75. The molecule has 1 heterocycles. The van der Waals surface area contributed by atoms with Crippen LogP contribution in [-0.2, 0) is 4.74 Å². The molecule has 0 saturated carbocycles. The number of nitrogens with one attached hydrogen (secondary N) is 2. The van der Waals surface area contributed by atoms with Crippen molar-refractivity contribution in [3.63, 3.8) is 0 Å². The lowest BCUT2D eigenvalue weighted by Gasteiger charge is -2.23. The molecule has 1 unspecified atom stereocenters. The van der Waals surface area contributed by atoms with E-state index in [0.29, 0.717) is 12.5 Å². The van der Waals surface area contributed by atoms with Crippen LogP contribution in [0.5, 0.6) is 0 Å². The van der Waals surface area contributed by atoms with Gasteiger partial charge in [-0.05, 0) is 31.4 Å². The summed E-state index contributed by atoms with van der Waals surface area (Å²) in [6.07, 6.45) is 1.10. The summed E-state index contributed by atoms with van der Waals surface area (Å²) in [6.45, 7) is 10.9. The smallest absolute Gasteiger partial charge is 0.128 e. The predicted octanol–water partition coefficient (Wildman–Crippen LogP) is 3.38. The molecular formula is C15H27N3O. The first-order valence-electron chi connectivity index (χ1n) is 7.22. The Bertz CT molecular complexity index is 355. The van der Waals surface area contributed by atoms with Gasteiger partial charge in [0.1, 0.15) is 11.6 Å². The Morgan fingerprint density at radius 1 is 1.21 bits per heavy atom. The van der Waals surface area contributed by atoms with E-state index in [4.69, 9.17) is 4.74 Å². The summed E-state index contributed by atoms with van der Waals surface area (Å²) in [5.74, 6) is 2.32. The summed E-state index contributed by atoms with van der Waals surface area (Å²) < 4.78 is 5.52. The Morgan fingerprint density at radius 3 is 2.58 bits per heavy atom. The van der Waals surface area contributed by atoms with E-state index in [1.54, 1.807) is 0 Å². The average molecular weight is 265 g/mol. The highest BCUT2D eigenvalue weighted by Gasteiger charge is 2.13. The molecule has 0 amide bonds. The Morgan fingerprint density at radius 2 is 1.95 bits per heavy atom. The van der Waals surface area contributed by atoms with E-state index in [1.165, 1.54) is 0 Å². The molecule has 1 aromatic heterocycles. The molecule has 0 radical (unpaired) electrons. The van der Waals surface area contributed by atoms with E-state index < -0.39 is 0 Å². The number of hydrogen-bond acceptors (Lipinski definition) is 4. The summed E-state index contributed by atoms with van der Waals surface area (Å²) in [5, 5.41) is 6.75. The van der Waals surface area contributed by atoms with Crippen LogP contribution < -0.4 is 10.6 Å². The zero-order valence-corrected chi connectivity index (χ0v) is 12.6. The Labute approximate surface area is 117 Å². The van der Waals surface area contributed by atoms with Crippen molar-refractivity contribution in [1.82, 2.24) is 4.98 Å². The Balaban J connectivity index is 2.62. The molecule has 4 heteroatoms. The van der Waals surface area contributed by atoms with Crippen LogP contribution in [-0.4, -0.2) is 30.8 Å². The first-order chi connectivity index (χ1) is 9.17. The van der Waals surface area contributed by atoms with E-state index in [2.05, 4.69) is 36.4 Å². The molecule has 108 valence electrons. The summed E-state index contributed by atoms with van der Waals surface area (Å²) in [6, 6.07) is 6.30. The first-order valence-corrected chi connectivity index (χ1v) is 7.22. The second-order valence-electron chi connectivity index (χ2n) is 4.99. The van der Waals surface area contributed by atoms with Crippen molar-refractivity contribution in [3.8, 4) is 0 Å². The fourth-order valence-corrected chi connectivity index (χ4v) is 1.70. The molecular weight excluding hydrogens is 238 g/mol. The predicted molar refractivity (Wildman–Crippen MR) is 81.8 cm³/mol. The minimum atomic E-state index is 0.286. The fourth-order valence-electron chi connectivity index (χ4n) is 1.70. The maximum Gasteiger partial charge on any atom is 0.128 e. The summed E-state index contributed by atoms with van der Waals surface area (Å²) in [4.78, 5) is 4.56. The van der Waals surface area contributed by atoms with Crippen LogP contribution in [0.1, 0.15) is 34.1 Å². The molecule has 2 N–H and O–H groups in total. The van der Waals surface area contributed by atoms with Gasteiger partial charge in [-0.25, -0.2) is 4.98 Å². The number of anilines is 2. The van der Waals surface area contributed by atoms with Crippen molar-refractivity contribution in [1.29, 1.82) is 0 Å². The molecule has 0 aromatic carbocycles. The number of hydrogen-bond donors (Lipinski definition) is 2. The molecule has 0 aliphatic rings. The molecule has 0 aliphatic heterocycles. The van der Waals surface area contributed by atoms with Gasteiger partial charge < -0.3 is 15.4 Å². The minimum Gasteiger partial charge on any atom is -0.380 e. The highest BCUT2D eigenvalue weighted by molar-refractivity contribution is 5.45. The number of nitrogens with zero attached hydrogens (tertiary/aromatic N) is 1. The van der Waals surface area contributed by atoms with Crippen molar-refractivity contribution in [3.05, 3.63) is 18.2 Å². The number of ether oxygens (including phenoxy) is 1.